The van der Waals surface area contributed by atoms with Gasteiger partial charge in [0.2, 0.25) is 5.82 Å². The number of nitrogens with one attached hydrogen (secondary N) is 1. The van der Waals surface area contributed by atoms with Crippen LogP contribution in [-0.4, -0.2) is 39.9 Å². The second-order valence-corrected chi connectivity index (χ2v) is 8.31. The Bertz CT molecular complexity index is 1160. The predicted molar refractivity (Wildman–Crippen MR) is 130 cm³/mol. The standard InChI is InChI=1S/C25H27FN4O2S/c1-4-31-14-6-13-30-17(3)21(22(27-25(30)33)19-7-5-8-20(26)15-19)24-28-23(29-32-24)18-11-9-16(2)10-12-18/h5,7-12,15,22H,4,6,13-14H2,1-3H3,(H,27,33). The average Bonchev–Trinajstić information content (AvgIpc) is 3.28. The molecular weight excluding hydrogens is 439 g/mol. The molecule has 0 radical (unpaired) electrons. The van der Waals surface area contributed by atoms with Crippen molar-refractivity contribution in [2.75, 3.05) is 19.8 Å². The summed E-state index contributed by atoms with van der Waals surface area (Å²) in [5, 5.41) is 8.13. The zero-order valence-corrected chi connectivity index (χ0v) is 19.8. The Kier molecular flexibility index (Phi) is 7.15. The van der Waals surface area contributed by atoms with Crippen LogP contribution in [0.2, 0.25) is 0 Å². The number of allylic oxidation sites excluding steroid dienone is 1. The fraction of sp³-hybridized carbons (Fsp3) is 0.320. The van der Waals surface area contributed by atoms with E-state index in [2.05, 4.69) is 15.5 Å². The van der Waals surface area contributed by atoms with E-state index in [1.54, 1.807) is 6.07 Å². The van der Waals surface area contributed by atoms with Crippen LogP contribution in [-0.2, 0) is 4.74 Å². The fourth-order valence-corrected chi connectivity index (χ4v) is 4.23. The minimum atomic E-state index is -0.414. The van der Waals surface area contributed by atoms with E-state index in [0.29, 0.717) is 36.6 Å². The molecule has 0 fully saturated rings. The smallest absolute Gasteiger partial charge is 0.258 e. The number of nitrogens with zero attached hydrogens (tertiary/aromatic N) is 3. The lowest BCUT2D eigenvalue weighted by Crippen LogP contribution is -2.46. The Hall–Kier alpha value is -3.10. The molecule has 3 aromatic rings. The van der Waals surface area contributed by atoms with E-state index >= 15 is 0 Å². The van der Waals surface area contributed by atoms with Gasteiger partial charge in [0.25, 0.3) is 5.89 Å². The molecule has 1 unspecified atom stereocenters. The zero-order valence-electron chi connectivity index (χ0n) is 19.0. The van der Waals surface area contributed by atoms with Crippen molar-refractivity contribution in [2.24, 2.45) is 0 Å². The Labute approximate surface area is 198 Å². The number of thiocarbonyl (C=S) groups is 1. The molecule has 0 bridgehead atoms. The van der Waals surface area contributed by atoms with E-state index in [0.717, 1.165) is 34.4 Å². The first-order valence-corrected chi connectivity index (χ1v) is 11.4. The van der Waals surface area contributed by atoms with Gasteiger partial charge in [0.05, 0.1) is 11.6 Å². The van der Waals surface area contributed by atoms with Crippen LogP contribution in [0, 0.1) is 12.7 Å². The molecule has 2 aromatic carbocycles. The Balaban J connectivity index is 1.74. The van der Waals surface area contributed by atoms with E-state index in [1.807, 2.05) is 56.0 Å². The molecule has 4 rings (SSSR count). The van der Waals surface area contributed by atoms with Crippen LogP contribution in [0.1, 0.15) is 43.3 Å². The Morgan fingerprint density at radius 3 is 2.70 bits per heavy atom. The van der Waals surface area contributed by atoms with E-state index in [4.69, 9.17) is 21.5 Å². The van der Waals surface area contributed by atoms with Gasteiger partial charge in [-0.15, -0.1) is 0 Å². The third kappa shape index (κ3) is 5.12. The molecule has 1 aliphatic heterocycles. The van der Waals surface area contributed by atoms with Crippen molar-refractivity contribution in [2.45, 2.75) is 33.2 Å². The van der Waals surface area contributed by atoms with Crippen molar-refractivity contribution in [3.8, 4) is 11.4 Å². The van der Waals surface area contributed by atoms with Gasteiger partial charge in [-0.3, -0.25) is 0 Å². The summed E-state index contributed by atoms with van der Waals surface area (Å²) in [6, 6.07) is 14.0. The Morgan fingerprint density at radius 1 is 1.18 bits per heavy atom. The minimum absolute atomic E-state index is 0.317. The normalized spacial score (nSPS) is 16.3. The van der Waals surface area contributed by atoms with Crippen LogP contribution in [0.4, 0.5) is 4.39 Å². The van der Waals surface area contributed by atoms with Crippen molar-refractivity contribution >= 4 is 22.9 Å². The molecule has 33 heavy (non-hydrogen) atoms. The molecule has 6 nitrogen and oxygen atoms in total. The number of hydrogen-bond donors (Lipinski definition) is 1. The third-order valence-corrected chi connectivity index (χ3v) is 5.96. The Morgan fingerprint density at radius 2 is 1.97 bits per heavy atom. The molecule has 1 atom stereocenters. The van der Waals surface area contributed by atoms with Crippen molar-refractivity contribution in [3.63, 3.8) is 0 Å². The zero-order chi connectivity index (χ0) is 23.4. The maximum atomic E-state index is 14.1. The maximum Gasteiger partial charge on any atom is 0.258 e. The lowest BCUT2D eigenvalue weighted by molar-refractivity contribution is 0.141. The minimum Gasteiger partial charge on any atom is -0.382 e. The number of rotatable bonds is 8. The topological polar surface area (TPSA) is 63.4 Å². The van der Waals surface area contributed by atoms with Gasteiger partial charge in [0.1, 0.15) is 5.82 Å². The first-order valence-electron chi connectivity index (χ1n) is 11.0. The van der Waals surface area contributed by atoms with Crippen LogP contribution in [0.25, 0.3) is 17.0 Å². The highest BCUT2D eigenvalue weighted by Crippen LogP contribution is 2.37. The van der Waals surface area contributed by atoms with E-state index in [9.17, 15) is 4.39 Å². The molecule has 0 aliphatic carbocycles. The summed E-state index contributed by atoms with van der Waals surface area (Å²) in [6.45, 7) is 7.97. The molecule has 0 spiro atoms. The highest BCUT2D eigenvalue weighted by atomic mass is 32.1. The van der Waals surface area contributed by atoms with Crippen molar-refractivity contribution in [1.29, 1.82) is 0 Å². The van der Waals surface area contributed by atoms with Crippen LogP contribution < -0.4 is 5.32 Å². The molecule has 1 N–H and O–H groups in total. The predicted octanol–water partition coefficient (Wildman–Crippen LogP) is 5.27. The van der Waals surface area contributed by atoms with E-state index in [-0.39, 0.29) is 5.82 Å². The number of aryl methyl sites for hydroxylation is 1. The monoisotopic (exact) mass is 466 g/mol. The third-order valence-electron chi connectivity index (χ3n) is 5.62. The van der Waals surface area contributed by atoms with Gasteiger partial charge < -0.3 is 19.5 Å². The van der Waals surface area contributed by atoms with Crippen LogP contribution in [0.15, 0.2) is 58.8 Å². The molecular formula is C25H27FN4O2S. The van der Waals surface area contributed by atoms with Gasteiger partial charge in [0, 0.05) is 31.0 Å². The molecule has 0 saturated heterocycles. The lowest BCUT2D eigenvalue weighted by Gasteiger charge is -2.37. The number of benzene rings is 2. The maximum absolute atomic E-state index is 14.1. The average molecular weight is 467 g/mol. The molecule has 8 heteroatoms. The van der Waals surface area contributed by atoms with Gasteiger partial charge >= 0.3 is 0 Å². The first kappa shape index (κ1) is 23.1. The van der Waals surface area contributed by atoms with Crippen molar-refractivity contribution < 1.29 is 13.7 Å². The summed E-state index contributed by atoms with van der Waals surface area (Å²) in [5.74, 6) is 0.559. The highest BCUT2D eigenvalue weighted by molar-refractivity contribution is 7.80. The number of halogens is 1. The quantitative estimate of drug-likeness (QED) is 0.358. The van der Waals surface area contributed by atoms with Gasteiger partial charge in [-0.1, -0.05) is 47.1 Å². The molecule has 1 aliphatic rings. The molecule has 1 aromatic heterocycles. The molecule has 0 amide bonds. The number of hydrogen-bond acceptors (Lipinski definition) is 5. The second-order valence-electron chi connectivity index (χ2n) is 7.93. The lowest BCUT2D eigenvalue weighted by atomic mass is 9.94. The SMILES string of the molecule is CCOCCCN1C(=S)NC(c2cccc(F)c2)C(c2nc(-c3ccc(C)cc3)no2)=C1C. The summed E-state index contributed by atoms with van der Waals surface area (Å²) in [5.41, 5.74) is 4.42. The van der Waals surface area contributed by atoms with Gasteiger partial charge in [0.15, 0.2) is 5.11 Å². The highest BCUT2D eigenvalue weighted by Gasteiger charge is 2.34. The fourth-order valence-electron chi connectivity index (χ4n) is 3.89. The summed E-state index contributed by atoms with van der Waals surface area (Å²) in [7, 11) is 0. The summed E-state index contributed by atoms with van der Waals surface area (Å²) >= 11 is 5.67. The largest absolute Gasteiger partial charge is 0.382 e. The van der Waals surface area contributed by atoms with E-state index < -0.39 is 6.04 Å². The van der Waals surface area contributed by atoms with Gasteiger partial charge in [-0.05, 0) is 57.1 Å². The van der Waals surface area contributed by atoms with Crippen LogP contribution in [0.3, 0.4) is 0 Å². The molecule has 2 heterocycles. The van der Waals surface area contributed by atoms with Crippen molar-refractivity contribution in [1.82, 2.24) is 20.4 Å². The molecule has 172 valence electrons. The van der Waals surface area contributed by atoms with Gasteiger partial charge in [-0.2, -0.15) is 4.98 Å². The van der Waals surface area contributed by atoms with Crippen LogP contribution in [0.5, 0.6) is 0 Å². The van der Waals surface area contributed by atoms with Gasteiger partial charge in [-0.25, -0.2) is 4.39 Å². The number of aromatic nitrogens is 2. The second kappa shape index (κ2) is 10.2. The van der Waals surface area contributed by atoms with Crippen molar-refractivity contribution in [3.05, 3.63) is 77.1 Å². The summed E-state index contributed by atoms with van der Waals surface area (Å²) < 4.78 is 25.3. The number of ether oxygens (including phenoxy) is 1. The van der Waals surface area contributed by atoms with Crippen LogP contribution >= 0.6 is 12.2 Å². The summed E-state index contributed by atoms with van der Waals surface area (Å²) in [6.07, 6.45) is 0.809. The summed E-state index contributed by atoms with van der Waals surface area (Å²) in [4.78, 5) is 6.70. The van der Waals surface area contributed by atoms with E-state index in [1.165, 1.54) is 12.1 Å². The molecule has 0 saturated carbocycles. The first-order chi connectivity index (χ1) is 16.0.